The average Bonchev–Trinajstić information content (AvgIpc) is 3.56. The quantitative estimate of drug-likeness (QED) is 0.644. The van der Waals surface area contributed by atoms with Crippen LogP contribution >= 0.6 is 11.3 Å². The molecule has 10 nitrogen and oxygen atoms in total. The van der Waals surface area contributed by atoms with Crippen LogP contribution in [0.5, 0.6) is 0 Å². The van der Waals surface area contributed by atoms with E-state index in [1.807, 2.05) is 22.7 Å². The van der Waals surface area contributed by atoms with Crippen molar-refractivity contribution in [2.45, 2.75) is 57.4 Å². The molecule has 188 valence electrons. The molecule has 2 saturated heterocycles. The van der Waals surface area contributed by atoms with Crippen LogP contribution in [-0.2, 0) is 11.3 Å². The smallest absolute Gasteiger partial charge is 0.475 e. The molecule has 14 heteroatoms. The second-order valence-corrected chi connectivity index (χ2v) is 8.97. The summed E-state index contributed by atoms with van der Waals surface area (Å²) in [5.74, 6) is -2.76. The van der Waals surface area contributed by atoms with Gasteiger partial charge in [-0.15, -0.1) is 16.4 Å². The van der Waals surface area contributed by atoms with Gasteiger partial charge in [-0.3, -0.25) is 4.90 Å². The van der Waals surface area contributed by atoms with Crippen LogP contribution in [0.4, 0.5) is 18.0 Å². The first-order chi connectivity index (χ1) is 16.2. The number of carboxylic acid groups (broad SMARTS) is 1. The van der Waals surface area contributed by atoms with Crippen molar-refractivity contribution in [3.05, 3.63) is 28.5 Å². The molecule has 0 spiro atoms. The number of thiazole rings is 1. The first kappa shape index (κ1) is 25.9. The predicted octanol–water partition coefficient (Wildman–Crippen LogP) is 3.07. The number of urea groups is 1. The topological polar surface area (TPSA) is 116 Å². The van der Waals surface area contributed by atoms with Gasteiger partial charge in [0.1, 0.15) is 5.01 Å². The minimum Gasteiger partial charge on any atom is -0.475 e. The number of alkyl halides is 3. The summed E-state index contributed by atoms with van der Waals surface area (Å²) < 4.78 is 33.7. The van der Waals surface area contributed by atoms with Gasteiger partial charge in [-0.25, -0.2) is 19.3 Å². The Morgan fingerprint density at radius 3 is 2.53 bits per heavy atom. The maximum Gasteiger partial charge on any atom is 0.490 e. The molecule has 4 rings (SSSR count). The van der Waals surface area contributed by atoms with Gasteiger partial charge in [0.25, 0.3) is 0 Å². The van der Waals surface area contributed by atoms with E-state index in [0.29, 0.717) is 18.6 Å². The summed E-state index contributed by atoms with van der Waals surface area (Å²) >= 11 is 1.74. The van der Waals surface area contributed by atoms with Gasteiger partial charge in [-0.05, 0) is 39.2 Å². The lowest BCUT2D eigenvalue weighted by atomic mass is 10.1. The molecule has 0 bridgehead atoms. The molecule has 1 unspecified atom stereocenters. The first-order valence-corrected chi connectivity index (χ1v) is 11.9. The summed E-state index contributed by atoms with van der Waals surface area (Å²) in [4.78, 5) is 29.7. The van der Waals surface area contributed by atoms with E-state index in [4.69, 9.17) is 9.90 Å². The fourth-order valence-electron chi connectivity index (χ4n) is 4.06. The zero-order valence-electron chi connectivity index (χ0n) is 18.7. The van der Waals surface area contributed by atoms with Crippen LogP contribution in [0.25, 0.3) is 0 Å². The van der Waals surface area contributed by atoms with Crippen LogP contribution in [0, 0.1) is 0 Å². The number of carbonyl (C=O) groups excluding carboxylic acids is 1. The zero-order valence-corrected chi connectivity index (χ0v) is 19.6. The highest BCUT2D eigenvalue weighted by Crippen LogP contribution is 2.34. The molecule has 2 N–H and O–H groups in total. The molecule has 34 heavy (non-hydrogen) atoms. The third kappa shape index (κ3) is 6.88. The molecule has 1 atom stereocenters. The molecule has 4 heterocycles. The van der Waals surface area contributed by atoms with Crippen molar-refractivity contribution in [3.63, 3.8) is 0 Å². The Morgan fingerprint density at radius 1 is 1.24 bits per heavy atom. The normalized spacial score (nSPS) is 19.5. The molecule has 0 aromatic carbocycles. The van der Waals surface area contributed by atoms with Crippen LogP contribution in [0.2, 0.25) is 0 Å². The van der Waals surface area contributed by atoms with E-state index in [1.165, 1.54) is 17.8 Å². The Hall–Kier alpha value is -2.74. The van der Waals surface area contributed by atoms with E-state index >= 15 is 0 Å². The standard InChI is InChI=1S/C18H27N7OS.C2HF3O2/c1-2-19-18(26)23-9-5-15(6-10-23)25-13-14(21-22-25)12-24-8-3-4-16(24)17-20-7-11-27-17;3-2(4,5)1(6)7/h7,11,13,15-16H,2-6,8-10,12H2,1H3,(H,19,26);(H,6,7). The molecule has 2 aromatic rings. The number of rotatable bonds is 5. The monoisotopic (exact) mass is 503 g/mol. The predicted molar refractivity (Wildman–Crippen MR) is 117 cm³/mol. The van der Waals surface area contributed by atoms with E-state index in [2.05, 4.69) is 37.1 Å². The van der Waals surface area contributed by atoms with Crippen LogP contribution in [-0.4, -0.2) is 79.2 Å². The lowest BCUT2D eigenvalue weighted by Gasteiger charge is -2.31. The maximum atomic E-state index is 11.9. The summed E-state index contributed by atoms with van der Waals surface area (Å²) in [6.45, 7) is 6.06. The van der Waals surface area contributed by atoms with Gasteiger partial charge < -0.3 is 15.3 Å². The van der Waals surface area contributed by atoms with Crippen molar-refractivity contribution >= 4 is 23.3 Å². The minimum atomic E-state index is -5.08. The van der Waals surface area contributed by atoms with Crippen molar-refractivity contribution in [3.8, 4) is 0 Å². The number of likely N-dealkylation sites (tertiary alicyclic amines) is 2. The molecule has 2 aromatic heterocycles. The van der Waals surface area contributed by atoms with Crippen molar-refractivity contribution in [1.29, 1.82) is 0 Å². The van der Waals surface area contributed by atoms with Gasteiger partial charge in [0.05, 0.1) is 24.0 Å². The van der Waals surface area contributed by atoms with Gasteiger partial charge in [0.2, 0.25) is 0 Å². The van der Waals surface area contributed by atoms with Gasteiger partial charge in [-0.1, -0.05) is 5.21 Å². The van der Waals surface area contributed by atoms with E-state index < -0.39 is 12.1 Å². The maximum absolute atomic E-state index is 11.9. The van der Waals surface area contributed by atoms with Gasteiger partial charge in [-0.2, -0.15) is 13.2 Å². The van der Waals surface area contributed by atoms with E-state index in [0.717, 1.165) is 44.7 Å². The van der Waals surface area contributed by atoms with Crippen LogP contribution in [0.3, 0.4) is 0 Å². The number of carboxylic acids is 1. The highest BCUT2D eigenvalue weighted by atomic mass is 32.1. The summed E-state index contributed by atoms with van der Waals surface area (Å²) in [6, 6.07) is 0.776. The largest absolute Gasteiger partial charge is 0.490 e. The van der Waals surface area contributed by atoms with Crippen molar-refractivity contribution in [1.82, 2.24) is 35.1 Å². The minimum absolute atomic E-state index is 0.0393. The van der Waals surface area contributed by atoms with Gasteiger partial charge >= 0.3 is 18.2 Å². The summed E-state index contributed by atoms with van der Waals surface area (Å²) in [7, 11) is 0. The van der Waals surface area contributed by atoms with E-state index in [9.17, 15) is 18.0 Å². The molecular formula is C20H28F3N7O3S. The van der Waals surface area contributed by atoms with Crippen molar-refractivity contribution in [2.75, 3.05) is 26.2 Å². The molecule has 2 fully saturated rings. The molecular weight excluding hydrogens is 475 g/mol. The van der Waals surface area contributed by atoms with Crippen LogP contribution in [0.1, 0.15) is 55.4 Å². The third-order valence-electron chi connectivity index (χ3n) is 5.72. The number of nitrogens with one attached hydrogen (secondary N) is 1. The van der Waals surface area contributed by atoms with Crippen LogP contribution < -0.4 is 5.32 Å². The number of piperidine rings is 1. The highest BCUT2D eigenvalue weighted by molar-refractivity contribution is 7.09. The second-order valence-electron chi connectivity index (χ2n) is 8.05. The van der Waals surface area contributed by atoms with Crippen LogP contribution in [0.15, 0.2) is 17.8 Å². The number of hydrogen-bond donors (Lipinski definition) is 2. The lowest BCUT2D eigenvalue weighted by molar-refractivity contribution is -0.192. The molecule has 2 aliphatic heterocycles. The van der Waals surface area contributed by atoms with Crippen molar-refractivity contribution in [2.24, 2.45) is 0 Å². The van der Waals surface area contributed by atoms with Crippen molar-refractivity contribution < 1.29 is 27.9 Å². The Balaban J connectivity index is 0.000000406. The second kappa shape index (κ2) is 11.6. The van der Waals surface area contributed by atoms with E-state index in [1.54, 1.807) is 11.3 Å². The third-order valence-corrected chi connectivity index (χ3v) is 6.60. The Labute approximate surface area is 198 Å². The number of halogens is 3. The zero-order chi connectivity index (χ0) is 24.7. The Bertz CT molecular complexity index is 930. The lowest BCUT2D eigenvalue weighted by Crippen LogP contribution is -2.44. The average molecular weight is 504 g/mol. The highest BCUT2D eigenvalue weighted by Gasteiger charge is 2.38. The number of aliphatic carboxylic acids is 1. The molecule has 0 saturated carbocycles. The number of nitrogens with zero attached hydrogens (tertiary/aromatic N) is 6. The molecule has 2 amide bonds. The molecule has 0 radical (unpaired) electrons. The Morgan fingerprint density at radius 2 is 1.94 bits per heavy atom. The number of aromatic nitrogens is 4. The number of amides is 2. The Kier molecular flexibility index (Phi) is 8.83. The molecule has 0 aliphatic carbocycles. The summed E-state index contributed by atoms with van der Waals surface area (Å²) in [5, 5.41) is 22.1. The summed E-state index contributed by atoms with van der Waals surface area (Å²) in [5.41, 5.74) is 1.02. The summed E-state index contributed by atoms with van der Waals surface area (Å²) in [6.07, 6.45) is 3.11. The number of hydrogen-bond acceptors (Lipinski definition) is 7. The first-order valence-electron chi connectivity index (χ1n) is 11.1. The van der Waals surface area contributed by atoms with Gasteiger partial charge in [0.15, 0.2) is 0 Å². The van der Waals surface area contributed by atoms with Gasteiger partial charge in [0, 0.05) is 37.8 Å². The SMILES string of the molecule is CCNC(=O)N1CCC(n2cc(CN3CCCC3c3nccs3)nn2)CC1.O=C(O)C(F)(F)F. The fourth-order valence-corrected chi connectivity index (χ4v) is 4.87. The molecule has 2 aliphatic rings. The fraction of sp³-hybridized carbons (Fsp3) is 0.650. The number of carbonyl (C=O) groups is 2. The van der Waals surface area contributed by atoms with E-state index in [-0.39, 0.29) is 6.03 Å².